The lowest BCUT2D eigenvalue weighted by atomic mass is 9.63. The predicted molar refractivity (Wildman–Crippen MR) is 157 cm³/mol. The van der Waals surface area contributed by atoms with Crippen LogP contribution in [0.4, 0.5) is 17.6 Å². The minimum Gasteiger partial charge on any atom is -0.483 e. The first-order chi connectivity index (χ1) is 19.9. The minimum atomic E-state index is -0.992. The van der Waals surface area contributed by atoms with Crippen molar-refractivity contribution >= 4 is 0 Å². The lowest BCUT2D eigenvalue weighted by molar-refractivity contribution is 0.113. The van der Waals surface area contributed by atoms with Gasteiger partial charge in [0.25, 0.3) is 0 Å². The van der Waals surface area contributed by atoms with Crippen LogP contribution in [0.15, 0.2) is 54.6 Å². The molecule has 2 aliphatic carbocycles. The summed E-state index contributed by atoms with van der Waals surface area (Å²) in [6.07, 6.45) is 14.8. The first-order valence-corrected chi connectivity index (χ1v) is 15.6. The first-order valence-electron chi connectivity index (χ1n) is 15.6. The van der Waals surface area contributed by atoms with Gasteiger partial charge in [-0.1, -0.05) is 82.2 Å². The van der Waals surface area contributed by atoms with Crippen LogP contribution in [0.1, 0.15) is 101 Å². The highest BCUT2D eigenvalue weighted by Gasteiger charge is 2.36. The molecule has 4 atom stereocenters. The summed E-state index contributed by atoms with van der Waals surface area (Å²) < 4.78 is 65.7. The summed E-state index contributed by atoms with van der Waals surface area (Å²) >= 11 is 0. The molecule has 0 aliphatic heterocycles. The maximum atomic E-state index is 15.3. The predicted octanol–water partition coefficient (Wildman–Crippen LogP) is 11.1. The van der Waals surface area contributed by atoms with Crippen molar-refractivity contribution in [3.8, 4) is 16.9 Å². The molecule has 5 heteroatoms. The average molecular weight is 567 g/mol. The van der Waals surface area contributed by atoms with Crippen molar-refractivity contribution in [2.75, 3.05) is 0 Å². The number of ether oxygens (including phenoxy) is 1. The molecule has 3 aromatic rings. The van der Waals surface area contributed by atoms with Gasteiger partial charge in [-0.3, -0.25) is 0 Å². The van der Waals surface area contributed by atoms with Crippen LogP contribution < -0.4 is 4.74 Å². The standard InChI is InChI=1S/C36H42F4O/c1-2-3-4-5-7-10-24-13-14-27-18-28(16-15-26(27)17-24)29-19-31(37)35(32(38)20-29)30-21-33(39)36(34(40)22-30)41-23-25-11-8-6-9-12-25/h6,8-9,11-12,19-22,24,26-28H,2-5,7,10,13-18,23H2,1H3. The molecule has 2 saturated carbocycles. The van der Waals surface area contributed by atoms with Crippen LogP contribution in [0.25, 0.3) is 11.1 Å². The Labute approximate surface area is 242 Å². The van der Waals surface area contributed by atoms with E-state index in [0.717, 1.165) is 48.8 Å². The minimum absolute atomic E-state index is 0.0195. The van der Waals surface area contributed by atoms with Gasteiger partial charge in [-0.05, 0) is 96.7 Å². The molecule has 0 spiro atoms. The molecule has 2 aliphatic rings. The normalized spacial score (nSPS) is 22.4. The van der Waals surface area contributed by atoms with Crippen LogP contribution in [0, 0.1) is 41.0 Å². The Morgan fingerprint density at radius 2 is 1.37 bits per heavy atom. The van der Waals surface area contributed by atoms with E-state index in [1.165, 1.54) is 69.9 Å². The zero-order valence-electron chi connectivity index (χ0n) is 24.1. The van der Waals surface area contributed by atoms with Crippen LogP contribution in [0.3, 0.4) is 0 Å². The Kier molecular flexibility index (Phi) is 10.1. The van der Waals surface area contributed by atoms with Gasteiger partial charge in [0.2, 0.25) is 0 Å². The van der Waals surface area contributed by atoms with E-state index in [-0.39, 0.29) is 18.1 Å². The molecule has 0 N–H and O–H groups in total. The Balaban J connectivity index is 1.22. The van der Waals surface area contributed by atoms with Crippen molar-refractivity contribution in [1.29, 1.82) is 0 Å². The molecule has 0 saturated heterocycles. The van der Waals surface area contributed by atoms with Gasteiger partial charge in [0.15, 0.2) is 17.4 Å². The van der Waals surface area contributed by atoms with Crippen molar-refractivity contribution in [1.82, 2.24) is 0 Å². The van der Waals surface area contributed by atoms with Gasteiger partial charge in [0, 0.05) is 0 Å². The molecule has 5 rings (SSSR count). The van der Waals surface area contributed by atoms with Gasteiger partial charge in [-0.25, -0.2) is 17.6 Å². The van der Waals surface area contributed by atoms with Gasteiger partial charge >= 0.3 is 0 Å². The summed E-state index contributed by atoms with van der Waals surface area (Å²) in [5, 5.41) is 0. The molecule has 3 aromatic carbocycles. The molecule has 0 aromatic heterocycles. The molecular weight excluding hydrogens is 524 g/mol. The van der Waals surface area contributed by atoms with Crippen molar-refractivity contribution in [3.63, 3.8) is 0 Å². The van der Waals surface area contributed by atoms with Crippen molar-refractivity contribution in [2.24, 2.45) is 17.8 Å². The number of fused-ring (bicyclic) bond motifs is 1. The molecule has 1 nitrogen and oxygen atoms in total. The fourth-order valence-electron chi connectivity index (χ4n) is 7.26. The van der Waals surface area contributed by atoms with E-state index in [4.69, 9.17) is 4.74 Å². The quantitative estimate of drug-likeness (QED) is 0.166. The molecule has 0 heterocycles. The summed E-state index contributed by atoms with van der Waals surface area (Å²) in [4.78, 5) is 0. The van der Waals surface area contributed by atoms with E-state index < -0.39 is 34.6 Å². The largest absolute Gasteiger partial charge is 0.483 e. The van der Waals surface area contributed by atoms with E-state index >= 15 is 8.78 Å². The second kappa shape index (κ2) is 13.9. The van der Waals surface area contributed by atoms with Crippen molar-refractivity contribution in [3.05, 3.63) is 89.0 Å². The molecule has 4 unspecified atom stereocenters. The summed E-state index contributed by atoms with van der Waals surface area (Å²) in [6, 6.07) is 13.6. The maximum Gasteiger partial charge on any atom is 0.191 e. The van der Waals surface area contributed by atoms with Gasteiger partial charge in [-0.2, -0.15) is 0 Å². The Bertz CT molecular complexity index is 1240. The molecule has 41 heavy (non-hydrogen) atoms. The molecule has 0 bridgehead atoms. The number of hydrogen-bond donors (Lipinski definition) is 0. The summed E-state index contributed by atoms with van der Waals surface area (Å²) in [5.74, 6) is -1.83. The summed E-state index contributed by atoms with van der Waals surface area (Å²) in [6.45, 7) is 2.23. The average Bonchev–Trinajstić information content (AvgIpc) is 2.96. The van der Waals surface area contributed by atoms with Crippen LogP contribution in [-0.4, -0.2) is 0 Å². The van der Waals surface area contributed by atoms with E-state index in [0.29, 0.717) is 11.5 Å². The van der Waals surface area contributed by atoms with Crippen molar-refractivity contribution in [2.45, 2.75) is 96.5 Å². The number of benzene rings is 3. The maximum absolute atomic E-state index is 15.3. The molecule has 220 valence electrons. The third kappa shape index (κ3) is 7.34. The number of hydrogen-bond acceptors (Lipinski definition) is 1. The van der Waals surface area contributed by atoms with E-state index in [1.54, 1.807) is 24.3 Å². The van der Waals surface area contributed by atoms with E-state index in [2.05, 4.69) is 6.92 Å². The van der Waals surface area contributed by atoms with Crippen molar-refractivity contribution < 1.29 is 22.3 Å². The topological polar surface area (TPSA) is 9.23 Å². The van der Waals surface area contributed by atoms with E-state index in [9.17, 15) is 8.78 Å². The third-order valence-corrected chi connectivity index (χ3v) is 9.49. The van der Waals surface area contributed by atoms with Gasteiger partial charge in [0.05, 0.1) is 5.56 Å². The number of rotatable bonds is 11. The fourth-order valence-corrected chi connectivity index (χ4v) is 7.26. The second-order valence-corrected chi connectivity index (χ2v) is 12.3. The second-order valence-electron chi connectivity index (χ2n) is 12.3. The highest BCUT2D eigenvalue weighted by Crippen LogP contribution is 2.49. The molecule has 0 radical (unpaired) electrons. The Hall–Kier alpha value is -2.82. The zero-order valence-corrected chi connectivity index (χ0v) is 24.1. The fraction of sp³-hybridized carbons (Fsp3) is 0.500. The molecule has 2 fully saturated rings. The number of unbranched alkanes of at least 4 members (excludes halogenated alkanes) is 4. The van der Waals surface area contributed by atoms with Gasteiger partial charge in [0.1, 0.15) is 18.2 Å². The highest BCUT2D eigenvalue weighted by atomic mass is 19.1. The SMILES string of the molecule is CCCCCCCC1CCC2CC(c3cc(F)c(-c4cc(F)c(OCc5ccccc5)c(F)c4)c(F)c3)CCC2C1. The highest BCUT2D eigenvalue weighted by molar-refractivity contribution is 5.66. The van der Waals surface area contributed by atoms with Crippen LogP contribution in [0.5, 0.6) is 5.75 Å². The first kappa shape index (κ1) is 29.7. The summed E-state index contributed by atoms with van der Waals surface area (Å²) in [5.41, 5.74) is 0.826. The van der Waals surface area contributed by atoms with Crippen LogP contribution in [0.2, 0.25) is 0 Å². The Morgan fingerprint density at radius 3 is 2.07 bits per heavy atom. The smallest absolute Gasteiger partial charge is 0.191 e. The zero-order chi connectivity index (χ0) is 28.8. The van der Waals surface area contributed by atoms with Gasteiger partial charge < -0.3 is 4.74 Å². The number of halogens is 4. The van der Waals surface area contributed by atoms with E-state index in [1.807, 2.05) is 6.07 Å². The third-order valence-electron chi connectivity index (χ3n) is 9.49. The lowest BCUT2D eigenvalue weighted by Gasteiger charge is -2.42. The van der Waals surface area contributed by atoms with Crippen LogP contribution >= 0.6 is 0 Å². The lowest BCUT2D eigenvalue weighted by Crippen LogP contribution is -2.30. The van der Waals surface area contributed by atoms with Crippen LogP contribution in [-0.2, 0) is 6.61 Å². The monoisotopic (exact) mass is 566 g/mol. The van der Waals surface area contributed by atoms with Gasteiger partial charge in [-0.15, -0.1) is 0 Å². The Morgan fingerprint density at radius 1 is 0.707 bits per heavy atom. The summed E-state index contributed by atoms with van der Waals surface area (Å²) in [7, 11) is 0. The molecule has 0 amide bonds. The molecular formula is C36H42F4O.